The summed E-state index contributed by atoms with van der Waals surface area (Å²) in [5, 5.41) is 15.6. The van der Waals surface area contributed by atoms with Crippen LogP contribution in [0.2, 0.25) is 0 Å². The van der Waals surface area contributed by atoms with E-state index in [1.165, 1.54) is 23.2 Å². The first kappa shape index (κ1) is 16.0. The molecule has 1 rings (SSSR count). The summed E-state index contributed by atoms with van der Waals surface area (Å²) < 4.78 is 0. The van der Waals surface area contributed by atoms with Crippen LogP contribution < -0.4 is 10.6 Å². The van der Waals surface area contributed by atoms with Crippen molar-refractivity contribution in [3.8, 4) is 0 Å². The Balaban J connectivity index is 2.64. The van der Waals surface area contributed by atoms with E-state index in [1.54, 1.807) is 31.6 Å². The Bertz CT molecular complexity index is 487. The number of carboxylic acid groups (broad SMARTS) is 1. The van der Waals surface area contributed by atoms with Crippen LogP contribution in [0.25, 0.3) is 0 Å². The molecule has 0 aliphatic rings. The number of carboxylic acids is 1. The van der Waals surface area contributed by atoms with Crippen LogP contribution in [-0.4, -0.2) is 48.1 Å². The molecule has 1 heterocycles. The predicted molar refractivity (Wildman–Crippen MR) is 74.5 cm³/mol. The van der Waals surface area contributed by atoms with Gasteiger partial charge in [0, 0.05) is 19.0 Å². The molecule has 1 aromatic rings. The van der Waals surface area contributed by atoms with E-state index in [2.05, 4.69) is 10.6 Å². The minimum absolute atomic E-state index is 0.275. The van der Waals surface area contributed by atoms with Crippen LogP contribution in [0.4, 0.5) is 4.79 Å². The zero-order valence-electron chi connectivity index (χ0n) is 11.4. The zero-order valence-corrected chi connectivity index (χ0v) is 12.2. The molecule has 3 N–H and O–H groups in total. The molecule has 1 aromatic heterocycles. The average Bonchev–Trinajstić information content (AvgIpc) is 2.87. The summed E-state index contributed by atoms with van der Waals surface area (Å²) in [7, 11) is 3.15. The van der Waals surface area contributed by atoms with Gasteiger partial charge in [-0.05, 0) is 18.4 Å². The van der Waals surface area contributed by atoms with Crippen molar-refractivity contribution in [2.24, 2.45) is 0 Å². The first-order chi connectivity index (χ1) is 9.32. The largest absolute Gasteiger partial charge is 0.479 e. The van der Waals surface area contributed by atoms with Gasteiger partial charge in [-0.25, -0.2) is 9.59 Å². The van der Waals surface area contributed by atoms with E-state index in [0.717, 1.165) is 0 Å². The molecule has 0 aromatic carbocycles. The molecule has 0 spiro atoms. The fourth-order valence-electron chi connectivity index (χ4n) is 1.53. The maximum absolute atomic E-state index is 11.7. The SMILES string of the molecule is CC(NC(=O)NC(C(=O)O)c1cccs1)C(=O)N(C)C. The minimum Gasteiger partial charge on any atom is -0.479 e. The molecule has 7 nitrogen and oxygen atoms in total. The van der Waals surface area contributed by atoms with Crippen LogP contribution in [-0.2, 0) is 9.59 Å². The van der Waals surface area contributed by atoms with Crippen LogP contribution >= 0.6 is 11.3 Å². The summed E-state index contributed by atoms with van der Waals surface area (Å²) in [6.45, 7) is 1.53. The van der Waals surface area contributed by atoms with Crippen LogP contribution in [0.15, 0.2) is 17.5 Å². The molecule has 2 atom stereocenters. The monoisotopic (exact) mass is 299 g/mol. The summed E-state index contributed by atoms with van der Waals surface area (Å²) in [6, 6.07) is 0.763. The van der Waals surface area contributed by atoms with E-state index >= 15 is 0 Å². The van der Waals surface area contributed by atoms with Crippen LogP contribution in [0.5, 0.6) is 0 Å². The van der Waals surface area contributed by atoms with Crippen molar-refractivity contribution >= 4 is 29.2 Å². The normalized spacial score (nSPS) is 13.2. The number of rotatable bonds is 5. The van der Waals surface area contributed by atoms with Crippen LogP contribution in [0.1, 0.15) is 17.8 Å². The number of nitrogens with zero attached hydrogens (tertiary/aromatic N) is 1. The number of amides is 3. The van der Waals surface area contributed by atoms with Crippen molar-refractivity contribution in [2.75, 3.05) is 14.1 Å². The van der Waals surface area contributed by atoms with Crippen LogP contribution in [0, 0.1) is 0 Å². The van der Waals surface area contributed by atoms with Crippen molar-refractivity contribution in [3.63, 3.8) is 0 Å². The predicted octanol–water partition coefficient (Wildman–Crippen LogP) is 0.650. The second kappa shape index (κ2) is 6.90. The molecule has 20 heavy (non-hydrogen) atoms. The quantitative estimate of drug-likeness (QED) is 0.743. The molecule has 0 saturated heterocycles. The Morgan fingerprint density at radius 3 is 2.40 bits per heavy atom. The van der Waals surface area contributed by atoms with Crippen LogP contribution in [0.3, 0.4) is 0 Å². The molecular formula is C12H17N3O4S. The second-order valence-corrected chi connectivity index (χ2v) is 5.34. The van der Waals surface area contributed by atoms with E-state index < -0.39 is 24.1 Å². The van der Waals surface area contributed by atoms with Crippen molar-refractivity contribution in [1.82, 2.24) is 15.5 Å². The lowest BCUT2D eigenvalue weighted by atomic mass is 10.2. The van der Waals surface area contributed by atoms with Gasteiger partial charge >= 0.3 is 12.0 Å². The minimum atomic E-state index is -1.16. The molecule has 0 aliphatic carbocycles. The molecule has 0 saturated carbocycles. The highest BCUT2D eigenvalue weighted by atomic mass is 32.1. The number of aliphatic carboxylic acids is 1. The molecule has 0 fully saturated rings. The van der Waals surface area contributed by atoms with Gasteiger partial charge in [-0.2, -0.15) is 0 Å². The molecule has 110 valence electrons. The van der Waals surface area contributed by atoms with Gasteiger partial charge in [0.15, 0.2) is 6.04 Å². The third-order valence-corrected chi connectivity index (χ3v) is 3.45. The Morgan fingerprint density at radius 2 is 1.95 bits per heavy atom. The highest BCUT2D eigenvalue weighted by molar-refractivity contribution is 7.10. The Labute approximate surface area is 120 Å². The summed E-state index contributed by atoms with van der Waals surface area (Å²) in [5.41, 5.74) is 0. The number of carbonyl (C=O) groups excluding carboxylic acids is 2. The first-order valence-electron chi connectivity index (χ1n) is 5.87. The average molecular weight is 299 g/mol. The number of likely N-dealkylation sites (N-methyl/N-ethyl adjacent to an activating group) is 1. The standard InChI is InChI=1S/C12H17N3O4S/c1-7(10(16)15(2)3)13-12(19)14-9(11(17)18)8-5-4-6-20-8/h4-7,9H,1-3H3,(H,17,18)(H2,13,14,19). The summed E-state index contributed by atoms with van der Waals surface area (Å²) >= 11 is 1.23. The number of urea groups is 1. The van der Waals surface area contributed by atoms with E-state index in [0.29, 0.717) is 4.88 Å². The van der Waals surface area contributed by atoms with Crippen molar-refractivity contribution in [3.05, 3.63) is 22.4 Å². The Kier molecular flexibility index (Phi) is 5.51. The van der Waals surface area contributed by atoms with Gasteiger partial charge in [0.05, 0.1) is 0 Å². The van der Waals surface area contributed by atoms with Gasteiger partial charge < -0.3 is 20.6 Å². The molecule has 0 aliphatic heterocycles. The molecule has 8 heteroatoms. The van der Waals surface area contributed by atoms with E-state index in [4.69, 9.17) is 5.11 Å². The Hall–Kier alpha value is -2.09. The van der Waals surface area contributed by atoms with E-state index in [9.17, 15) is 14.4 Å². The summed E-state index contributed by atoms with van der Waals surface area (Å²) in [4.78, 5) is 36.3. The zero-order chi connectivity index (χ0) is 15.3. The lowest BCUT2D eigenvalue weighted by molar-refractivity contribution is -0.139. The molecule has 3 amide bonds. The number of thiophene rings is 1. The highest BCUT2D eigenvalue weighted by Crippen LogP contribution is 2.18. The molecule has 0 radical (unpaired) electrons. The number of hydrogen-bond acceptors (Lipinski definition) is 4. The number of nitrogens with one attached hydrogen (secondary N) is 2. The third kappa shape index (κ3) is 4.23. The fraction of sp³-hybridized carbons (Fsp3) is 0.417. The highest BCUT2D eigenvalue weighted by Gasteiger charge is 2.24. The molecular weight excluding hydrogens is 282 g/mol. The lowest BCUT2D eigenvalue weighted by Gasteiger charge is -2.19. The molecule has 0 bridgehead atoms. The van der Waals surface area contributed by atoms with Gasteiger partial charge in [0.1, 0.15) is 6.04 Å². The maximum atomic E-state index is 11.7. The number of carbonyl (C=O) groups is 3. The fourth-order valence-corrected chi connectivity index (χ4v) is 2.30. The third-order valence-electron chi connectivity index (χ3n) is 2.51. The topological polar surface area (TPSA) is 98.7 Å². The van der Waals surface area contributed by atoms with Gasteiger partial charge in [-0.1, -0.05) is 6.07 Å². The second-order valence-electron chi connectivity index (χ2n) is 4.36. The Morgan fingerprint density at radius 1 is 1.30 bits per heavy atom. The van der Waals surface area contributed by atoms with Crippen molar-refractivity contribution in [2.45, 2.75) is 19.0 Å². The summed E-state index contributed by atoms with van der Waals surface area (Å²) in [6.07, 6.45) is 0. The van der Waals surface area contributed by atoms with Gasteiger partial charge in [0.2, 0.25) is 5.91 Å². The van der Waals surface area contributed by atoms with E-state index in [-0.39, 0.29) is 5.91 Å². The first-order valence-corrected chi connectivity index (χ1v) is 6.75. The van der Waals surface area contributed by atoms with E-state index in [1.807, 2.05) is 0 Å². The maximum Gasteiger partial charge on any atom is 0.331 e. The smallest absolute Gasteiger partial charge is 0.331 e. The molecule has 2 unspecified atom stereocenters. The summed E-state index contributed by atoms with van der Waals surface area (Å²) in [5.74, 6) is -1.43. The van der Waals surface area contributed by atoms with Crippen molar-refractivity contribution in [1.29, 1.82) is 0 Å². The van der Waals surface area contributed by atoms with Gasteiger partial charge in [0.25, 0.3) is 0 Å². The number of hydrogen-bond donors (Lipinski definition) is 3. The lowest BCUT2D eigenvalue weighted by Crippen LogP contribution is -2.49. The van der Waals surface area contributed by atoms with Gasteiger partial charge in [-0.3, -0.25) is 4.79 Å². The van der Waals surface area contributed by atoms with Crippen molar-refractivity contribution < 1.29 is 19.5 Å². The van der Waals surface area contributed by atoms with Gasteiger partial charge in [-0.15, -0.1) is 11.3 Å².